The van der Waals surface area contributed by atoms with Gasteiger partial charge in [0.2, 0.25) is 0 Å². The molecule has 0 aliphatic rings. The van der Waals surface area contributed by atoms with Crippen LogP contribution < -0.4 is 20.1 Å². The molecule has 3 aromatic rings. The first-order chi connectivity index (χ1) is 15.9. The second-order valence-electron chi connectivity index (χ2n) is 7.09. The number of nitrogens with one attached hydrogen (secondary N) is 2. The minimum Gasteiger partial charge on any atom is -0.497 e. The van der Waals surface area contributed by atoms with Crippen molar-refractivity contribution in [2.45, 2.75) is 13.1 Å². The molecule has 0 saturated heterocycles. The van der Waals surface area contributed by atoms with Gasteiger partial charge in [0.1, 0.15) is 11.5 Å². The third-order valence-corrected chi connectivity index (χ3v) is 4.88. The van der Waals surface area contributed by atoms with E-state index in [4.69, 9.17) is 9.47 Å². The van der Waals surface area contributed by atoms with Gasteiger partial charge in [-0.05, 0) is 41.5 Å². The molecule has 170 valence electrons. The minimum absolute atomic E-state index is 0.0207. The van der Waals surface area contributed by atoms with Gasteiger partial charge in [-0.1, -0.05) is 24.3 Å². The second kappa shape index (κ2) is 10.8. The molecule has 0 atom stereocenters. The predicted octanol–water partition coefficient (Wildman–Crippen LogP) is 3.47. The molecule has 0 aliphatic heterocycles. The van der Waals surface area contributed by atoms with Gasteiger partial charge in [-0.25, -0.2) is 0 Å². The van der Waals surface area contributed by atoms with Gasteiger partial charge in [0.05, 0.1) is 19.1 Å². The molecule has 0 saturated carbocycles. The lowest BCUT2D eigenvalue weighted by molar-refractivity contribution is -0.384. The number of nitrogens with zero attached hydrogens (tertiary/aromatic N) is 1. The monoisotopic (exact) mass is 449 g/mol. The van der Waals surface area contributed by atoms with E-state index in [1.807, 2.05) is 0 Å². The summed E-state index contributed by atoms with van der Waals surface area (Å²) in [6.07, 6.45) is 0. The summed E-state index contributed by atoms with van der Waals surface area (Å²) in [7, 11) is 3.12. The van der Waals surface area contributed by atoms with E-state index in [2.05, 4.69) is 10.6 Å². The number of carbonyl (C=O) groups excluding carboxylic acids is 2. The lowest BCUT2D eigenvalue weighted by Gasteiger charge is -2.09. The van der Waals surface area contributed by atoms with Crippen molar-refractivity contribution in [2.24, 2.45) is 0 Å². The zero-order valence-electron chi connectivity index (χ0n) is 18.2. The Morgan fingerprint density at radius 3 is 1.48 bits per heavy atom. The highest BCUT2D eigenvalue weighted by Crippen LogP contribution is 2.19. The molecule has 0 aliphatic carbocycles. The van der Waals surface area contributed by atoms with Crippen molar-refractivity contribution >= 4 is 17.5 Å². The van der Waals surface area contributed by atoms with Crippen LogP contribution in [0.3, 0.4) is 0 Å². The maximum atomic E-state index is 12.6. The molecule has 9 nitrogen and oxygen atoms in total. The van der Waals surface area contributed by atoms with Crippen LogP contribution >= 0.6 is 0 Å². The number of nitro benzene ring substituents is 1. The summed E-state index contributed by atoms with van der Waals surface area (Å²) in [5, 5.41) is 16.8. The first kappa shape index (κ1) is 23.3. The van der Waals surface area contributed by atoms with Crippen molar-refractivity contribution < 1.29 is 24.0 Å². The van der Waals surface area contributed by atoms with E-state index < -0.39 is 16.7 Å². The summed E-state index contributed by atoms with van der Waals surface area (Å²) in [4.78, 5) is 36.0. The Morgan fingerprint density at radius 2 is 1.15 bits per heavy atom. The van der Waals surface area contributed by atoms with E-state index in [0.717, 1.165) is 23.3 Å². The van der Waals surface area contributed by atoms with Gasteiger partial charge in [0.25, 0.3) is 17.5 Å². The molecule has 2 N–H and O–H groups in total. The SMILES string of the molecule is COc1ccc(CNC(=O)c2cc(C(=O)NCc3ccc(OC)cc3)cc([N+](=O)[O-])c2)cc1. The third kappa shape index (κ3) is 6.30. The number of hydrogen-bond donors (Lipinski definition) is 2. The molecule has 9 heteroatoms. The van der Waals surface area contributed by atoms with Crippen LogP contribution in [-0.2, 0) is 13.1 Å². The fourth-order valence-electron chi connectivity index (χ4n) is 3.03. The average molecular weight is 449 g/mol. The fourth-order valence-corrected chi connectivity index (χ4v) is 3.03. The Morgan fingerprint density at radius 1 is 0.758 bits per heavy atom. The molecule has 3 rings (SSSR count). The number of benzene rings is 3. The third-order valence-electron chi connectivity index (χ3n) is 4.88. The summed E-state index contributed by atoms with van der Waals surface area (Å²) < 4.78 is 10.2. The number of carbonyl (C=O) groups is 2. The van der Waals surface area contributed by atoms with E-state index in [-0.39, 0.29) is 29.9 Å². The molecular weight excluding hydrogens is 426 g/mol. The quantitative estimate of drug-likeness (QED) is 0.381. The van der Waals surface area contributed by atoms with Crippen molar-refractivity contribution in [3.8, 4) is 11.5 Å². The highest BCUT2D eigenvalue weighted by atomic mass is 16.6. The number of hydrogen-bond acceptors (Lipinski definition) is 6. The Balaban J connectivity index is 1.71. The topological polar surface area (TPSA) is 120 Å². The van der Waals surface area contributed by atoms with Crippen molar-refractivity contribution in [1.29, 1.82) is 0 Å². The van der Waals surface area contributed by atoms with Crippen LogP contribution in [0.4, 0.5) is 5.69 Å². The molecule has 0 spiro atoms. The molecule has 0 bridgehead atoms. The van der Waals surface area contributed by atoms with Crippen molar-refractivity contribution in [1.82, 2.24) is 10.6 Å². The predicted molar refractivity (Wildman–Crippen MR) is 121 cm³/mol. The molecule has 0 unspecified atom stereocenters. The number of rotatable bonds is 9. The smallest absolute Gasteiger partial charge is 0.271 e. The maximum absolute atomic E-state index is 12.6. The fraction of sp³-hybridized carbons (Fsp3) is 0.167. The second-order valence-corrected chi connectivity index (χ2v) is 7.09. The number of nitro groups is 1. The van der Waals surface area contributed by atoms with Gasteiger partial charge in [0.15, 0.2) is 0 Å². The number of ether oxygens (including phenoxy) is 2. The van der Waals surface area contributed by atoms with Crippen molar-refractivity contribution in [3.05, 3.63) is 99.1 Å². The normalized spacial score (nSPS) is 10.2. The van der Waals surface area contributed by atoms with Gasteiger partial charge >= 0.3 is 0 Å². The van der Waals surface area contributed by atoms with E-state index in [1.54, 1.807) is 62.8 Å². The van der Waals surface area contributed by atoms with E-state index >= 15 is 0 Å². The van der Waals surface area contributed by atoms with E-state index in [9.17, 15) is 19.7 Å². The number of amides is 2. The lowest BCUT2D eigenvalue weighted by atomic mass is 10.1. The molecule has 0 aromatic heterocycles. The van der Waals surface area contributed by atoms with Gasteiger partial charge < -0.3 is 20.1 Å². The van der Waals surface area contributed by atoms with Crippen molar-refractivity contribution in [2.75, 3.05) is 14.2 Å². The summed E-state index contributed by atoms with van der Waals surface area (Å²) in [6, 6.07) is 17.9. The molecule has 3 aromatic carbocycles. The van der Waals surface area contributed by atoms with Gasteiger partial charge in [-0.3, -0.25) is 19.7 Å². The van der Waals surface area contributed by atoms with E-state index in [1.165, 1.54) is 6.07 Å². The van der Waals surface area contributed by atoms with Gasteiger partial charge in [-0.15, -0.1) is 0 Å². The van der Waals surface area contributed by atoms with Crippen LogP contribution in [0.25, 0.3) is 0 Å². The summed E-state index contributed by atoms with van der Waals surface area (Å²) >= 11 is 0. The first-order valence-electron chi connectivity index (χ1n) is 10.0. The number of methoxy groups -OCH3 is 2. The molecule has 0 fully saturated rings. The minimum atomic E-state index is -0.638. The Hall–Kier alpha value is -4.40. The van der Waals surface area contributed by atoms with Crippen LogP contribution in [0, 0.1) is 10.1 Å². The van der Waals surface area contributed by atoms with Crippen LogP contribution in [0.15, 0.2) is 66.7 Å². The molecular formula is C24H23N3O6. The highest BCUT2D eigenvalue weighted by Gasteiger charge is 2.18. The largest absolute Gasteiger partial charge is 0.497 e. The van der Waals surface area contributed by atoms with E-state index in [0.29, 0.717) is 11.5 Å². The maximum Gasteiger partial charge on any atom is 0.271 e. The Bertz CT molecular complexity index is 1060. The van der Waals surface area contributed by atoms with Gasteiger partial charge in [-0.2, -0.15) is 0 Å². The molecule has 33 heavy (non-hydrogen) atoms. The Labute approximate surface area is 190 Å². The summed E-state index contributed by atoms with van der Waals surface area (Å²) in [6.45, 7) is 0.426. The van der Waals surface area contributed by atoms with Crippen LogP contribution in [0.5, 0.6) is 11.5 Å². The van der Waals surface area contributed by atoms with Crippen molar-refractivity contribution in [3.63, 3.8) is 0 Å². The zero-order valence-corrected chi connectivity index (χ0v) is 18.2. The zero-order chi connectivity index (χ0) is 23.8. The molecule has 0 heterocycles. The van der Waals surface area contributed by atoms with Crippen LogP contribution in [0.1, 0.15) is 31.8 Å². The molecule has 2 amide bonds. The van der Waals surface area contributed by atoms with Crippen LogP contribution in [0.2, 0.25) is 0 Å². The number of non-ortho nitro benzene ring substituents is 1. The lowest BCUT2D eigenvalue weighted by Crippen LogP contribution is -2.25. The van der Waals surface area contributed by atoms with Crippen LogP contribution in [-0.4, -0.2) is 31.0 Å². The first-order valence-corrected chi connectivity index (χ1v) is 10.0. The summed E-state index contributed by atoms with van der Waals surface area (Å²) in [5.74, 6) is 0.320. The Kier molecular flexibility index (Phi) is 7.59. The average Bonchev–Trinajstić information content (AvgIpc) is 2.86. The molecule has 0 radical (unpaired) electrons. The highest BCUT2D eigenvalue weighted by molar-refractivity contribution is 6.00. The summed E-state index contributed by atoms with van der Waals surface area (Å²) in [5.41, 5.74) is 1.35. The van der Waals surface area contributed by atoms with Gasteiger partial charge in [0, 0.05) is 36.3 Å². The standard InChI is InChI=1S/C24H23N3O6/c1-32-21-7-3-16(4-8-21)14-25-23(28)18-11-19(13-20(12-18)27(30)31)24(29)26-15-17-5-9-22(33-2)10-6-17/h3-13H,14-15H2,1-2H3,(H,25,28)(H,26,29).